The molecular formula is C30H55N7O. The highest BCUT2D eigenvalue weighted by Crippen LogP contribution is 2.41. The maximum atomic E-state index is 6.18. The zero-order valence-electron chi connectivity index (χ0n) is 25.9. The Balaban J connectivity index is 2.50. The van der Waals surface area contributed by atoms with Gasteiger partial charge in [-0.25, -0.2) is 0 Å². The van der Waals surface area contributed by atoms with Crippen molar-refractivity contribution in [3.05, 3.63) is 25.3 Å². The average molecular weight is 530 g/mol. The molecule has 2 rings (SSSR count). The second-order valence-electron chi connectivity index (χ2n) is 13.8. The largest absolute Gasteiger partial charge is 0.351 e. The first-order valence-corrected chi connectivity index (χ1v) is 14.2. The maximum absolute atomic E-state index is 6.18. The van der Waals surface area contributed by atoms with Gasteiger partial charge in [0.1, 0.15) is 0 Å². The van der Waals surface area contributed by atoms with Crippen LogP contribution in [0.5, 0.6) is 0 Å². The van der Waals surface area contributed by atoms with Gasteiger partial charge in [-0.3, -0.25) is 4.84 Å². The Morgan fingerprint density at radius 3 is 2.13 bits per heavy atom. The SMILES string of the molecule is C=CCNc1nc(NC(C)(C)CC(C)(C)C)nc(N(CCCC)C2CC(C)(C)N(OCC=C)C(C)(C)C2)n1. The van der Waals surface area contributed by atoms with Crippen molar-refractivity contribution < 1.29 is 4.84 Å². The molecule has 0 amide bonds. The van der Waals surface area contributed by atoms with E-state index in [9.17, 15) is 0 Å². The van der Waals surface area contributed by atoms with Gasteiger partial charge in [0, 0.05) is 35.7 Å². The minimum atomic E-state index is -0.182. The number of hydroxylamine groups is 2. The molecule has 2 heterocycles. The molecule has 2 N–H and O–H groups in total. The van der Waals surface area contributed by atoms with E-state index in [0.29, 0.717) is 31.0 Å². The minimum Gasteiger partial charge on any atom is -0.351 e. The van der Waals surface area contributed by atoms with E-state index in [-0.39, 0.29) is 28.1 Å². The molecule has 0 aliphatic carbocycles. The lowest BCUT2D eigenvalue weighted by Gasteiger charge is -2.55. The standard InChI is InChI=1S/C30H55N7O/c1-13-16-18-36(23-20-29(9,10)37(38-19-15-3)30(11,12)21-23)26-33-24(31-17-14-2)32-25(34-26)35-28(7,8)22-27(4,5)6/h14-15,23H,2-3,13,16-22H2,1,4-12H3,(H2,31,32,33,34,35). The van der Waals surface area contributed by atoms with Gasteiger partial charge in [-0.1, -0.05) is 46.3 Å². The van der Waals surface area contributed by atoms with Gasteiger partial charge in [0.25, 0.3) is 0 Å². The Kier molecular flexibility index (Phi) is 10.8. The summed E-state index contributed by atoms with van der Waals surface area (Å²) in [5.41, 5.74) is -0.361. The fourth-order valence-electron chi connectivity index (χ4n) is 6.15. The normalized spacial score (nSPS) is 18.2. The summed E-state index contributed by atoms with van der Waals surface area (Å²) in [5.74, 6) is 1.88. The van der Waals surface area contributed by atoms with Crippen LogP contribution in [0.2, 0.25) is 0 Å². The van der Waals surface area contributed by atoms with Gasteiger partial charge in [0.2, 0.25) is 17.8 Å². The van der Waals surface area contributed by atoms with Gasteiger partial charge in [0.15, 0.2) is 0 Å². The van der Waals surface area contributed by atoms with Crippen LogP contribution in [0.1, 0.15) is 101 Å². The van der Waals surface area contributed by atoms with Crippen LogP contribution in [0.25, 0.3) is 0 Å². The van der Waals surface area contributed by atoms with E-state index in [1.165, 1.54) is 0 Å². The van der Waals surface area contributed by atoms with E-state index < -0.39 is 0 Å². The van der Waals surface area contributed by atoms with Crippen molar-refractivity contribution >= 4 is 17.8 Å². The number of hydrogen-bond donors (Lipinski definition) is 2. The molecular weight excluding hydrogens is 474 g/mol. The maximum Gasteiger partial charge on any atom is 0.232 e. The van der Waals surface area contributed by atoms with Crippen LogP contribution in [0, 0.1) is 5.41 Å². The van der Waals surface area contributed by atoms with E-state index >= 15 is 0 Å². The van der Waals surface area contributed by atoms with Crippen LogP contribution in [-0.4, -0.2) is 62.4 Å². The summed E-state index contributed by atoms with van der Waals surface area (Å²) in [7, 11) is 0. The van der Waals surface area contributed by atoms with Crippen molar-refractivity contribution in [2.75, 3.05) is 35.2 Å². The molecule has 0 saturated carbocycles. The summed E-state index contributed by atoms with van der Waals surface area (Å²) >= 11 is 0. The Labute approximate surface area is 232 Å². The molecule has 1 aromatic rings. The van der Waals surface area contributed by atoms with Crippen molar-refractivity contribution in [1.82, 2.24) is 20.0 Å². The third-order valence-electron chi connectivity index (χ3n) is 6.79. The number of anilines is 3. The number of aromatic nitrogens is 3. The quantitative estimate of drug-likeness (QED) is 0.254. The molecule has 0 spiro atoms. The molecule has 8 heteroatoms. The molecule has 38 heavy (non-hydrogen) atoms. The number of piperidine rings is 1. The molecule has 0 aromatic carbocycles. The Morgan fingerprint density at radius 2 is 1.61 bits per heavy atom. The number of nitrogens with zero attached hydrogens (tertiary/aromatic N) is 5. The van der Waals surface area contributed by atoms with Gasteiger partial charge in [-0.2, -0.15) is 20.0 Å². The summed E-state index contributed by atoms with van der Waals surface area (Å²) in [5, 5.41) is 9.09. The van der Waals surface area contributed by atoms with E-state index in [2.05, 4.69) is 103 Å². The smallest absolute Gasteiger partial charge is 0.232 e. The van der Waals surface area contributed by atoms with Gasteiger partial charge in [-0.05, 0) is 72.6 Å². The Bertz CT molecular complexity index is 902. The number of nitrogens with one attached hydrogen (secondary N) is 2. The van der Waals surface area contributed by atoms with E-state index in [1.54, 1.807) is 0 Å². The van der Waals surface area contributed by atoms with Crippen LogP contribution < -0.4 is 15.5 Å². The highest BCUT2D eigenvalue weighted by Gasteiger charge is 2.48. The monoisotopic (exact) mass is 529 g/mol. The minimum absolute atomic E-state index is 0.169. The summed E-state index contributed by atoms with van der Waals surface area (Å²) in [6.45, 7) is 32.1. The van der Waals surface area contributed by atoms with Crippen LogP contribution in [0.15, 0.2) is 25.3 Å². The van der Waals surface area contributed by atoms with Gasteiger partial charge in [0.05, 0.1) is 6.61 Å². The fraction of sp³-hybridized carbons (Fsp3) is 0.767. The second kappa shape index (κ2) is 12.8. The first kappa shape index (κ1) is 32.0. The van der Waals surface area contributed by atoms with Crippen molar-refractivity contribution in [3.8, 4) is 0 Å². The summed E-state index contributed by atoms with van der Waals surface area (Å²) < 4.78 is 0. The molecule has 0 radical (unpaired) electrons. The predicted molar refractivity (Wildman–Crippen MR) is 162 cm³/mol. The molecule has 1 saturated heterocycles. The molecule has 0 bridgehead atoms. The van der Waals surface area contributed by atoms with Crippen molar-refractivity contribution in [2.45, 2.75) is 124 Å². The molecule has 1 aromatic heterocycles. The topological polar surface area (TPSA) is 78.4 Å². The highest BCUT2D eigenvalue weighted by molar-refractivity contribution is 5.46. The number of rotatable bonds is 14. The predicted octanol–water partition coefficient (Wildman–Crippen LogP) is 6.84. The molecule has 0 atom stereocenters. The molecule has 1 aliphatic heterocycles. The van der Waals surface area contributed by atoms with Gasteiger partial charge in [-0.15, -0.1) is 13.2 Å². The van der Waals surface area contributed by atoms with Gasteiger partial charge < -0.3 is 15.5 Å². The van der Waals surface area contributed by atoms with Crippen molar-refractivity contribution in [3.63, 3.8) is 0 Å². The van der Waals surface area contributed by atoms with E-state index in [0.717, 1.165) is 38.6 Å². The van der Waals surface area contributed by atoms with Gasteiger partial charge >= 0.3 is 0 Å². The number of hydrogen-bond acceptors (Lipinski definition) is 8. The molecule has 0 unspecified atom stereocenters. The molecule has 1 aliphatic rings. The van der Waals surface area contributed by atoms with Crippen LogP contribution in [0.3, 0.4) is 0 Å². The fourth-order valence-corrected chi connectivity index (χ4v) is 6.15. The third kappa shape index (κ3) is 9.23. The number of unbranched alkanes of at least 4 members (excludes halogenated alkanes) is 1. The van der Waals surface area contributed by atoms with Crippen molar-refractivity contribution in [1.29, 1.82) is 0 Å². The average Bonchev–Trinajstić information content (AvgIpc) is 2.74. The van der Waals surface area contributed by atoms with Crippen LogP contribution >= 0.6 is 0 Å². The zero-order chi connectivity index (χ0) is 28.8. The first-order chi connectivity index (χ1) is 17.5. The van der Waals surface area contributed by atoms with E-state index in [4.69, 9.17) is 19.8 Å². The van der Waals surface area contributed by atoms with Crippen LogP contribution in [-0.2, 0) is 4.84 Å². The molecule has 1 fully saturated rings. The summed E-state index contributed by atoms with van der Waals surface area (Å²) in [6.07, 6.45) is 8.62. The lowest BCUT2D eigenvalue weighted by Crippen LogP contribution is -2.64. The highest BCUT2D eigenvalue weighted by atomic mass is 16.7. The lowest BCUT2D eigenvalue weighted by atomic mass is 9.78. The Morgan fingerprint density at radius 1 is 1.00 bits per heavy atom. The van der Waals surface area contributed by atoms with Crippen LogP contribution in [0.4, 0.5) is 17.8 Å². The summed E-state index contributed by atoms with van der Waals surface area (Å²) in [4.78, 5) is 23.3. The second-order valence-corrected chi connectivity index (χ2v) is 13.8. The first-order valence-electron chi connectivity index (χ1n) is 14.2. The third-order valence-corrected chi connectivity index (χ3v) is 6.79. The lowest BCUT2D eigenvalue weighted by molar-refractivity contribution is -0.276. The Hall–Kier alpha value is -2.19. The summed E-state index contributed by atoms with van der Waals surface area (Å²) in [6, 6.07) is 0.250. The molecule has 8 nitrogen and oxygen atoms in total. The zero-order valence-corrected chi connectivity index (χ0v) is 25.9. The molecule has 216 valence electrons. The van der Waals surface area contributed by atoms with Crippen molar-refractivity contribution in [2.24, 2.45) is 5.41 Å². The van der Waals surface area contributed by atoms with E-state index in [1.807, 2.05) is 12.2 Å².